The van der Waals surface area contributed by atoms with Gasteiger partial charge in [0.1, 0.15) is 11.6 Å². The molecule has 0 aliphatic carbocycles. The van der Waals surface area contributed by atoms with Crippen LogP contribution in [0, 0.1) is 11.3 Å². The lowest BCUT2D eigenvalue weighted by molar-refractivity contribution is -0.140. The Kier molecular flexibility index (Phi) is 6.53. The van der Waals surface area contributed by atoms with Gasteiger partial charge in [0.15, 0.2) is 0 Å². The minimum Gasteiger partial charge on any atom is -0.469 e. The van der Waals surface area contributed by atoms with Crippen molar-refractivity contribution in [1.82, 2.24) is 15.1 Å². The SMILES string of the molecule is COC(=O)CCN/C=C(/C#N)C(=O)N1CCN(C)CC1. The van der Waals surface area contributed by atoms with Gasteiger partial charge in [-0.05, 0) is 7.05 Å². The highest BCUT2D eigenvalue weighted by Gasteiger charge is 2.21. The first-order chi connectivity index (χ1) is 9.58. The summed E-state index contributed by atoms with van der Waals surface area (Å²) in [4.78, 5) is 26.8. The molecule has 0 aromatic rings. The van der Waals surface area contributed by atoms with Gasteiger partial charge in [0.05, 0.1) is 13.5 Å². The van der Waals surface area contributed by atoms with Crippen LogP contribution in [0.3, 0.4) is 0 Å². The molecule has 0 bridgehead atoms. The number of rotatable bonds is 5. The molecule has 0 saturated carbocycles. The number of nitrogens with one attached hydrogen (secondary N) is 1. The van der Waals surface area contributed by atoms with Crippen LogP contribution in [0.4, 0.5) is 0 Å². The predicted molar refractivity (Wildman–Crippen MR) is 72.4 cm³/mol. The average Bonchev–Trinajstić information content (AvgIpc) is 2.47. The number of hydrogen-bond donors (Lipinski definition) is 1. The van der Waals surface area contributed by atoms with Gasteiger partial charge in [-0.1, -0.05) is 0 Å². The van der Waals surface area contributed by atoms with Gasteiger partial charge in [0.25, 0.3) is 5.91 Å². The van der Waals surface area contributed by atoms with Crippen LogP contribution in [-0.4, -0.2) is 68.6 Å². The molecule has 7 heteroatoms. The Bertz CT molecular complexity index is 420. The van der Waals surface area contributed by atoms with E-state index in [-0.39, 0.29) is 23.9 Å². The minimum absolute atomic E-state index is 0.0550. The van der Waals surface area contributed by atoms with E-state index in [0.717, 1.165) is 13.1 Å². The van der Waals surface area contributed by atoms with Crippen LogP contribution in [-0.2, 0) is 14.3 Å². The molecule has 1 amide bonds. The Balaban J connectivity index is 2.46. The Hall–Kier alpha value is -2.07. The molecule has 0 spiro atoms. The smallest absolute Gasteiger partial charge is 0.307 e. The average molecular weight is 280 g/mol. The highest BCUT2D eigenvalue weighted by Crippen LogP contribution is 2.05. The quantitative estimate of drug-likeness (QED) is 0.311. The number of piperazine rings is 1. The van der Waals surface area contributed by atoms with Crippen molar-refractivity contribution in [2.24, 2.45) is 0 Å². The van der Waals surface area contributed by atoms with Crippen molar-refractivity contribution in [3.05, 3.63) is 11.8 Å². The van der Waals surface area contributed by atoms with Gasteiger partial charge in [-0.25, -0.2) is 0 Å². The standard InChI is InChI=1S/C13H20N4O3/c1-16-5-7-17(8-6-16)13(19)11(9-14)10-15-4-3-12(18)20-2/h10,15H,3-8H2,1-2H3/b11-10-. The number of likely N-dealkylation sites (N-methyl/N-ethyl adjacent to an activating group) is 1. The lowest BCUT2D eigenvalue weighted by atomic mass is 10.2. The molecule has 1 saturated heterocycles. The molecule has 0 atom stereocenters. The van der Waals surface area contributed by atoms with Crippen molar-refractivity contribution in [3.63, 3.8) is 0 Å². The normalized spacial score (nSPS) is 16.4. The van der Waals surface area contributed by atoms with Crippen molar-refractivity contribution in [2.45, 2.75) is 6.42 Å². The van der Waals surface area contributed by atoms with E-state index in [1.165, 1.54) is 13.3 Å². The van der Waals surface area contributed by atoms with Gasteiger partial charge in [-0.3, -0.25) is 9.59 Å². The van der Waals surface area contributed by atoms with Gasteiger partial charge in [0, 0.05) is 38.9 Å². The number of carbonyl (C=O) groups is 2. The second-order valence-corrected chi connectivity index (χ2v) is 4.55. The van der Waals surface area contributed by atoms with E-state index in [9.17, 15) is 9.59 Å². The molecule has 0 unspecified atom stereocenters. The molecule has 1 heterocycles. The summed E-state index contributed by atoms with van der Waals surface area (Å²) in [5.74, 6) is -0.610. The predicted octanol–water partition coefficient (Wildman–Crippen LogP) is -0.679. The highest BCUT2D eigenvalue weighted by molar-refractivity contribution is 5.97. The molecule has 1 aliphatic rings. The molecule has 1 rings (SSSR count). The number of esters is 1. The summed E-state index contributed by atoms with van der Waals surface area (Å²) in [5.41, 5.74) is 0.0550. The molecular weight excluding hydrogens is 260 g/mol. The summed E-state index contributed by atoms with van der Waals surface area (Å²) in [6.45, 7) is 3.18. The Morgan fingerprint density at radius 3 is 2.55 bits per heavy atom. The van der Waals surface area contributed by atoms with E-state index >= 15 is 0 Å². The molecule has 0 aromatic heterocycles. The van der Waals surface area contributed by atoms with Crippen LogP contribution >= 0.6 is 0 Å². The summed E-state index contributed by atoms with van der Waals surface area (Å²) in [6, 6.07) is 1.89. The van der Waals surface area contributed by atoms with Crippen molar-refractivity contribution < 1.29 is 14.3 Å². The number of hydrogen-bond acceptors (Lipinski definition) is 6. The Labute approximate surface area is 118 Å². The molecule has 1 fully saturated rings. The molecule has 1 N–H and O–H groups in total. The van der Waals surface area contributed by atoms with Crippen LogP contribution in [0.15, 0.2) is 11.8 Å². The minimum atomic E-state index is -0.338. The van der Waals surface area contributed by atoms with Crippen molar-refractivity contribution in [3.8, 4) is 6.07 Å². The molecule has 0 radical (unpaired) electrons. The van der Waals surface area contributed by atoms with Crippen molar-refractivity contribution in [1.29, 1.82) is 5.26 Å². The maximum Gasteiger partial charge on any atom is 0.307 e. The van der Waals surface area contributed by atoms with Gasteiger partial charge < -0.3 is 19.9 Å². The molecule has 20 heavy (non-hydrogen) atoms. The van der Waals surface area contributed by atoms with Crippen LogP contribution < -0.4 is 5.32 Å². The summed E-state index contributed by atoms with van der Waals surface area (Å²) in [6.07, 6.45) is 1.55. The summed E-state index contributed by atoms with van der Waals surface area (Å²) < 4.78 is 4.49. The lowest BCUT2D eigenvalue weighted by Gasteiger charge is -2.32. The molecule has 110 valence electrons. The van der Waals surface area contributed by atoms with Crippen LogP contribution in [0.2, 0.25) is 0 Å². The Morgan fingerprint density at radius 2 is 2.00 bits per heavy atom. The first kappa shape index (κ1) is 16.0. The first-order valence-electron chi connectivity index (χ1n) is 6.46. The van der Waals surface area contributed by atoms with Crippen LogP contribution in [0.25, 0.3) is 0 Å². The topological polar surface area (TPSA) is 85.7 Å². The summed E-state index contributed by atoms with van der Waals surface area (Å²) in [5, 5.41) is 11.8. The zero-order valence-electron chi connectivity index (χ0n) is 11.9. The van der Waals surface area contributed by atoms with Crippen molar-refractivity contribution >= 4 is 11.9 Å². The van der Waals surface area contributed by atoms with Crippen LogP contribution in [0.5, 0.6) is 0 Å². The molecular formula is C13H20N4O3. The number of nitriles is 1. The monoisotopic (exact) mass is 280 g/mol. The van der Waals surface area contributed by atoms with Crippen LogP contribution in [0.1, 0.15) is 6.42 Å². The fourth-order valence-corrected chi connectivity index (χ4v) is 1.77. The molecule has 0 aromatic carbocycles. The van der Waals surface area contributed by atoms with E-state index in [4.69, 9.17) is 5.26 Å². The second kappa shape index (κ2) is 8.17. The second-order valence-electron chi connectivity index (χ2n) is 4.55. The Morgan fingerprint density at radius 1 is 1.35 bits per heavy atom. The number of methoxy groups -OCH3 is 1. The zero-order chi connectivity index (χ0) is 15.0. The van der Waals surface area contributed by atoms with E-state index in [1.807, 2.05) is 13.1 Å². The number of carbonyl (C=O) groups excluding carboxylic acids is 2. The van der Waals surface area contributed by atoms with E-state index < -0.39 is 0 Å². The molecule has 7 nitrogen and oxygen atoms in total. The molecule has 1 aliphatic heterocycles. The first-order valence-corrected chi connectivity index (χ1v) is 6.46. The third-order valence-electron chi connectivity index (χ3n) is 3.09. The van der Waals surface area contributed by atoms with Gasteiger partial charge in [0.2, 0.25) is 0 Å². The largest absolute Gasteiger partial charge is 0.469 e. The fourth-order valence-electron chi connectivity index (χ4n) is 1.77. The maximum atomic E-state index is 12.1. The fraction of sp³-hybridized carbons (Fsp3) is 0.615. The summed E-state index contributed by atoms with van der Waals surface area (Å²) in [7, 11) is 3.31. The highest BCUT2D eigenvalue weighted by atomic mass is 16.5. The van der Waals surface area contributed by atoms with E-state index in [2.05, 4.69) is 15.0 Å². The zero-order valence-corrected chi connectivity index (χ0v) is 11.9. The van der Waals surface area contributed by atoms with E-state index in [0.29, 0.717) is 19.6 Å². The lowest BCUT2D eigenvalue weighted by Crippen LogP contribution is -2.47. The van der Waals surface area contributed by atoms with Gasteiger partial charge in [-0.2, -0.15) is 5.26 Å². The third-order valence-corrected chi connectivity index (χ3v) is 3.09. The third kappa shape index (κ3) is 4.90. The van der Waals surface area contributed by atoms with E-state index in [1.54, 1.807) is 4.90 Å². The summed E-state index contributed by atoms with van der Waals surface area (Å²) >= 11 is 0. The van der Waals surface area contributed by atoms with Crippen molar-refractivity contribution in [2.75, 3.05) is 46.9 Å². The number of amides is 1. The number of ether oxygens (including phenoxy) is 1. The maximum absolute atomic E-state index is 12.1. The number of nitrogens with zero attached hydrogens (tertiary/aromatic N) is 3. The van der Waals surface area contributed by atoms with Gasteiger partial charge in [-0.15, -0.1) is 0 Å². The van der Waals surface area contributed by atoms with Gasteiger partial charge >= 0.3 is 5.97 Å².